The molecule has 1 fully saturated rings. The molecule has 30 heavy (non-hydrogen) atoms. The molecule has 2 aromatic carbocycles. The van der Waals surface area contributed by atoms with E-state index in [-0.39, 0.29) is 6.54 Å². The van der Waals surface area contributed by atoms with Crippen LogP contribution in [0.25, 0.3) is 16.9 Å². The van der Waals surface area contributed by atoms with Crippen LogP contribution in [0.4, 0.5) is 0 Å². The third-order valence-electron chi connectivity index (χ3n) is 4.91. The zero-order chi connectivity index (χ0) is 20.9. The van der Waals surface area contributed by atoms with Crippen LogP contribution in [0.3, 0.4) is 0 Å². The van der Waals surface area contributed by atoms with E-state index in [0.29, 0.717) is 35.1 Å². The molecule has 1 amide bonds. The van der Waals surface area contributed by atoms with Crippen molar-refractivity contribution >= 4 is 11.9 Å². The molecule has 4 rings (SSSR count). The average molecular weight is 405 g/mol. The predicted molar refractivity (Wildman–Crippen MR) is 112 cm³/mol. The summed E-state index contributed by atoms with van der Waals surface area (Å²) in [7, 11) is 1.57. The molecule has 1 aliphatic rings. The lowest BCUT2D eigenvalue weighted by Crippen LogP contribution is -2.31. The van der Waals surface area contributed by atoms with E-state index in [1.54, 1.807) is 18.0 Å². The van der Waals surface area contributed by atoms with Crippen LogP contribution in [0.5, 0.6) is 5.75 Å². The molecule has 154 valence electrons. The summed E-state index contributed by atoms with van der Waals surface area (Å²) in [6.07, 6.45) is 3.85. The van der Waals surface area contributed by atoms with Gasteiger partial charge in [-0.2, -0.15) is 5.10 Å². The van der Waals surface area contributed by atoms with Crippen LogP contribution in [0.2, 0.25) is 0 Å². The Labute approximate surface area is 174 Å². The Hall–Kier alpha value is -3.61. The molecule has 0 spiro atoms. The van der Waals surface area contributed by atoms with Crippen molar-refractivity contribution in [3.63, 3.8) is 0 Å². The van der Waals surface area contributed by atoms with Gasteiger partial charge in [-0.05, 0) is 43.0 Å². The van der Waals surface area contributed by atoms with Crippen LogP contribution in [-0.2, 0) is 9.53 Å². The number of hydrogen-bond acceptors (Lipinski definition) is 5. The molecule has 0 saturated heterocycles. The largest absolute Gasteiger partial charge is 0.496 e. The Morgan fingerprint density at radius 2 is 1.83 bits per heavy atom. The number of methoxy groups -OCH3 is 1. The maximum absolute atomic E-state index is 12.9. The van der Waals surface area contributed by atoms with Crippen LogP contribution in [-0.4, -0.2) is 41.9 Å². The van der Waals surface area contributed by atoms with Crippen LogP contribution in [0.1, 0.15) is 23.2 Å². The normalized spacial score (nSPS) is 13.0. The second kappa shape index (κ2) is 8.82. The number of esters is 1. The van der Waals surface area contributed by atoms with Crippen LogP contribution in [0.15, 0.2) is 60.8 Å². The van der Waals surface area contributed by atoms with Gasteiger partial charge in [0, 0.05) is 11.8 Å². The summed E-state index contributed by atoms with van der Waals surface area (Å²) in [6, 6.07) is 16.9. The molecule has 0 aliphatic heterocycles. The minimum atomic E-state index is -0.440. The molecular formula is C23H23N3O4. The summed E-state index contributed by atoms with van der Waals surface area (Å²) >= 11 is 0. The molecule has 1 aromatic heterocycles. The first-order valence-electron chi connectivity index (χ1n) is 9.88. The van der Waals surface area contributed by atoms with Gasteiger partial charge in [0.05, 0.1) is 25.0 Å². The Bertz CT molecular complexity index is 1040. The maximum Gasteiger partial charge on any atom is 0.325 e. The fourth-order valence-electron chi connectivity index (χ4n) is 3.09. The van der Waals surface area contributed by atoms with E-state index in [1.165, 1.54) is 0 Å². The van der Waals surface area contributed by atoms with Gasteiger partial charge in [0.2, 0.25) is 0 Å². The molecule has 1 heterocycles. The van der Waals surface area contributed by atoms with Crippen LogP contribution < -0.4 is 10.1 Å². The number of hydrogen-bond donors (Lipinski definition) is 1. The minimum Gasteiger partial charge on any atom is -0.496 e. The van der Waals surface area contributed by atoms with E-state index in [1.807, 2.05) is 54.6 Å². The summed E-state index contributed by atoms with van der Waals surface area (Å²) in [5.41, 5.74) is 2.33. The minimum absolute atomic E-state index is 0.187. The van der Waals surface area contributed by atoms with Gasteiger partial charge in [-0.1, -0.05) is 30.3 Å². The monoisotopic (exact) mass is 405 g/mol. The highest BCUT2D eigenvalue weighted by Crippen LogP contribution is 2.32. The van der Waals surface area contributed by atoms with Crippen molar-refractivity contribution in [3.8, 4) is 22.7 Å². The van der Waals surface area contributed by atoms with Crippen molar-refractivity contribution < 1.29 is 19.1 Å². The number of nitrogens with zero attached hydrogens (tertiary/aromatic N) is 2. The maximum atomic E-state index is 12.9. The number of ether oxygens (including phenoxy) is 2. The van der Waals surface area contributed by atoms with Crippen LogP contribution >= 0.6 is 0 Å². The predicted octanol–water partition coefficient (Wildman–Crippen LogP) is 3.23. The highest BCUT2D eigenvalue weighted by Gasteiger charge is 2.24. The first-order chi connectivity index (χ1) is 14.7. The van der Waals surface area contributed by atoms with Gasteiger partial charge in [-0.15, -0.1) is 0 Å². The molecule has 1 saturated carbocycles. The number of para-hydroxylation sites is 2. The molecule has 1 N–H and O–H groups in total. The third kappa shape index (κ3) is 4.51. The fourth-order valence-corrected chi connectivity index (χ4v) is 3.09. The van der Waals surface area contributed by atoms with E-state index in [4.69, 9.17) is 9.47 Å². The SMILES string of the molecule is COc1ccccc1-c1nn(-c2ccccc2)cc1C(=O)NCC(=O)OCC1CC1. The van der Waals surface area contributed by atoms with Gasteiger partial charge >= 0.3 is 5.97 Å². The summed E-state index contributed by atoms with van der Waals surface area (Å²) in [6.45, 7) is 0.237. The van der Waals surface area contributed by atoms with Gasteiger partial charge in [-0.25, -0.2) is 4.68 Å². The second-order valence-electron chi connectivity index (χ2n) is 7.18. The van der Waals surface area contributed by atoms with Crippen molar-refractivity contribution in [2.45, 2.75) is 12.8 Å². The number of carbonyl (C=O) groups is 2. The number of carbonyl (C=O) groups excluding carboxylic acids is 2. The summed E-state index contributed by atoms with van der Waals surface area (Å²) in [5, 5.41) is 7.28. The smallest absolute Gasteiger partial charge is 0.325 e. The molecular weight excluding hydrogens is 382 g/mol. The van der Waals surface area contributed by atoms with Crippen molar-refractivity contribution in [2.75, 3.05) is 20.3 Å². The van der Waals surface area contributed by atoms with E-state index >= 15 is 0 Å². The summed E-state index contributed by atoms with van der Waals surface area (Å²) in [4.78, 5) is 24.8. The highest BCUT2D eigenvalue weighted by atomic mass is 16.5. The average Bonchev–Trinajstić information content (AvgIpc) is 3.52. The Balaban J connectivity index is 1.60. The first-order valence-corrected chi connectivity index (χ1v) is 9.88. The molecule has 0 radical (unpaired) electrons. The summed E-state index contributed by atoms with van der Waals surface area (Å²) in [5.74, 6) is 0.241. The van der Waals surface area contributed by atoms with E-state index in [2.05, 4.69) is 10.4 Å². The number of aromatic nitrogens is 2. The van der Waals surface area contributed by atoms with Gasteiger partial charge in [0.1, 0.15) is 18.0 Å². The molecule has 0 unspecified atom stereocenters. The first kappa shape index (κ1) is 19.7. The van der Waals surface area contributed by atoms with E-state index < -0.39 is 11.9 Å². The van der Waals surface area contributed by atoms with Crippen molar-refractivity contribution in [3.05, 3.63) is 66.4 Å². The van der Waals surface area contributed by atoms with Crippen molar-refractivity contribution in [1.29, 1.82) is 0 Å². The Kier molecular flexibility index (Phi) is 5.79. The van der Waals surface area contributed by atoms with E-state index in [0.717, 1.165) is 18.5 Å². The molecule has 7 nitrogen and oxygen atoms in total. The number of nitrogens with one attached hydrogen (secondary N) is 1. The standard InChI is InChI=1S/C23H23N3O4/c1-29-20-10-6-5-9-18(20)22-19(14-26(25-22)17-7-3-2-4-8-17)23(28)24-13-21(27)30-15-16-11-12-16/h2-10,14,16H,11-13,15H2,1H3,(H,24,28). The van der Waals surface area contributed by atoms with Gasteiger partial charge in [0.25, 0.3) is 5.91 Å². The van der Waals surface area contributed by atoms with E-state index in [9.17, 15) is 9.59 Å². The summed E-state index contributed by atoms with van der Waals surface area (Å²) < 4.78 is 12.3. The number of amides is 1. The quantitative estimate of drug-likeness (QED) is 0.582. The van der Waals surface area contributed by atoms with Crippen molar-refractivity contribution in [1.82, 2.24) is 15.1 Å². The lowest BCUT2D eigenvalue weighted by molar-refractivity contribution is -0.142. The lowest BCUT2D eigenvalue weighted by Gasteiger charge is -2.08. The second-order valence-corrected chi connectivity index (χ2v) is 7.18. The zero-order valence-corrected chi connectivity index (χ0v) is 16.7. The number of benzene rings is 2. The van der Waals surface area contributed by atoms with Gasteiger partial charge in [-0.3, -0.25) is 9.59 Å². The molecule has 7 heteroatoms. The highest BCUT2D eigenvalue weighted by molar-refractivity contribution is 6.01. The zero-order valence-electron chi connectivity index (χ0n) is 16.7. The fraction of sp³-hybridized carbons (Fsp3) is 0.261. The molecule has 1 aliphatic carbocycles. The lowest BCUT2D eigenvalue weighted by atomic mass is 10.1. The van der Waals surface area contributed by atoms with Gasteiger partial charge in [0.15, 0.2) is 0 Å². The number of rotatable bonds is 8. The topological polar surface area (TPSA) is 82.5 Å². The molecule has 0 bridgehead atoms. The molecule has 3 aromatic rings. The van der Waals surface area contributed by atoms with Gasteiger partial charge < -0.3 is 14.8 Å². The molecule has 0 atom stereocenters. The van der Waals surface area contributed by atoms with Crippen molar-refractivity contribution in [2.24, 2.45) is 5.92 Å². The van der Waals surface area contributed by atoms with Crippen LogP contribution in [0, 0.1) is 5.92 Å². The Morgan fingerprint density at radius 3 is 2.57 bits per heavy atom. The Morgan fingerprint density at radius 1 is 1.10 bits per heavy atom. The third-order valence-corrected chi connectivity index (χ3v) is 4.91.